The number of rotatable bonds is 6. The quantitative estimate of drug-likeness (QED) is 0.370. The molecule has 3 aromatic rings. The van der Waals surface area contributed by atoms with Gasteiger partial charge in [0.15, 0.2) is 11.2 Å². The number of thiocarbonyl (C=S) groups is 1. The monoisotopic (exact) mass is 501 g/mol. The summed E-state index contributed by atoms with van der Waals surface area (Å²) in [6.07, 6.45) is -0.847. The molecule has 0 radical (unpaired) electrons. The number of ether oxygens (including phenoxy) is 1. The molecule has 0 spiro atoms. The summed E-state index contributed by atoms with van der Waals surface area (Å²) in [4.78, 5) is 24.8. The van der Waals surface area contributed by atoms with Gasteiger partial charge in [-0.2, -0.15) is 0 Å². The van der Waals surface area contributed by atoms with Crippen LogP contribution < -0.4 is 20.7 Å². The van der Waals surface area contributed by atoms with Gasteiger partial charge in [-0.15, -0.1) is 0 Å². The molecule has 0 saturated heterocycles. The van der Waals surface area contributed by atoms with E-state index in [0.29, 0.717) is 32.7 Å². The van der Waals surface area contributed by atoms with Gasteiger partial charge in [-0.1, -0.05) is 41.4 Å². The van der Waals surface area contributed by atoms with Gasteiger partial charge in [0.25, 0.3) is 11.8 Å². The lowest BCUT2D eigenvalue weighted by Gasteiger charge is -2.17. The summed E-state index contributed by atoms with van der Waals surface area (Å²) in [5.74, 6) is -0.301. The molecule has 0 bridgehead atoms. The fraction of sp³-hybridized carbons (Fsp3) is 0.125. The third kappa shape index (κ3) is 6.92. The van der Waals surface area contributed by atoms with Crippen LogP contribution in [0, 0.1) is 6.92 Å². The van der Waals surface area contributed by atoms with E-state index in [1.807, 2.05) is 19.1 Å². The normalized spacial score (nSPS) is 11.3. The Labute approximate surface area is 207 Å². The number of hydrogen-bond donors (Lipinski definition) is 3. The maximum atomic E-state index is 12.4. The van der Waals surface area contributed by atoms with E-state index in [0.717, 1.165) is 5.56 Å². The first kappa shape index (κ1) is 24.5. The number of anilines is 2. The van der Waals surface area contributed by atoms with E-state index in [4.69, 9.17) is 40.2 Å². The molecular formula is C24H21Cl2N3O3S. The summed E-state index contributed by atoms with van der Waals surface area (Å²) in [6, 6.07) is 19.0. The summed E-state index contributed by atoms with van der Waals surface area (Å²) < 4.78 is 5.59. The molecular weight excluding hydrogens is 481 g/mol. The van der Waals surface area contributed by atoms with Gasteiger partial charge in [0, 0.05) is 22.0 Å². The molecule has 3 rings (SSSR count). The summed E-state index contributed by atoms with van der Waals surface area (Å²) in [5.41, 5.74) is 2.72. The lowest BCUT2D eigenvalue weighted by molar-refractivity contribution is -0.125. The maximum absolute atomic E-state index is 12.4. The molecule has 0 saturated carbocycles. The minimum atomic E-state index is -0.847. The molecule has 2 amide bonds. The largest absolute Gasteiger partial charge is 0.479 e. The van der Waals surface area contributed by atoms with Crippen LogP contribution in [0.3, 0.4) is 0 Å². The Balaban J connectivity index is 1.55. The highest BCUT2D eigenvalue weighted by molar-refractivity contribution is 7.80. The van der Waals surface area contributed by atoms with Crippen molar-refractivity contribution in [3.05, 3.63) is 87.9 Å². The molecule has 170 valence electrons. The molecule has 6 nitrogen and oxygen atoms in total. The smallest absolute Gasteiger partial charge is 0.266 e. The summed E-state index contributed by atoms with van der Waals surface area (Å²) in [5, 5.41) is 9.30. The van der Waals surface area contributed by atoms with Crippen LogP contribution in [-0.2, 0) is 4.79 Å². The van der Waals surface area contributed by atoms with Gasteiger partial charge in [0.1, 0.15) is 5.75 Å². The molecule has 0 aromatic heterocycles. The van der Waals surface area contributed by atoms with E-state index in [9.17, 15) is 9.59 Å². The Morgan fingerprint density at radius 2 is 1.70 bits per heavy atom. The lowest BCUT2D eigenvalue weighted by Crippen LogP contribution is -2.42. The zero-order valence-corrected chi connectivity index (χ0v) is 20.1. The third-order valence-electron chi connectivity index (χ3n) is 4.57. The van der Waals surface area contributed by atoms with Crippen molar-refractivity contribution < 1.29 is 14.3 Å². The number of hydrogen-bond acceptors (Lipinski definition) is 4. The first-order valence-corrected chi connectivity index (χ1v) is 11.1. The molecule has 3 aromatic carbocycles. The molecule has 3 N–H and O–H groups in total. The second-order valence-corrected chi connectivity index (χ2v) is 8.38. The molecule has 1 unspecified atom stereocenters. The lowest BCUT2D eigenvalue weighted by atomic mass is 10.1. The highest BCUT2D eigenvalue weighted by Gasteiger charge is 2.18. The predicted molar refractivity (Wildman–Crippen MR) is 136 cm³/mol. The van der Waals surface area contributed by atoms with Crippen molar-refractivity contribution >= 4 is 63.7 Å². The van der Waals surface area contributed by atoms with Crippen LogP contribution in [0.2, 0.25) is 10.0 Å². The Morgan fingerprint density at radius 1 is 0.970 bits per heavy atom. The van der Waals surface area contributed by atoms with Gasteiger partial charge in [-0.3, -0.25) is 14.9 Å². The van der Waals surface area contributed by atoms with Gasteiger partial charge in [0.05, 0.1) is 5.02 Å². The van der Waals surface area contributed by atoms with Crippen molar-refractivity contribution in [2.24, 2.45) is 0 Å². The highest BCUT2D eigenvalue weighted by atomic mass is 35.5. The van der Waals surface area contributed by atoms with Crippen molar-refractivity contribution in [2.75, 3.05) is 10.6 Å². The first-order valence-electron chi connectivity index (χ1n) is 9.93. The summed E-state index contributed by atoms with van der Waals surface area (Å²) in [7, 11) is 0. The minimum absolute atomic E-state index is 0.109. The van der Waals surface area contributed by atoms with Crippen LogP contribution in [-0.4, -0.2) is 23.0 Å². The highest BCUT2D eigenvalue weighted by Crippen LogP contribution is 2.28. The molecule has 9 heteroatoms. The Kier molecular flexibility index (Phi) is 8.27. The van der Waals surface area contributed by atoms with Crippen molar-refractivity contribution in [1.29, 1.82) is 0 Å². The van der Waals surface area contributed by atoms with Gasteiger partial charge in [-0.05, 0) is 80.2 Å². The van der Waals surface area contributed by atoms with E-state index < -0.39 is 12.0 Å². The van der Waals surface area contributed by atoms with E-state index in [-0.39, 0.29) is 11.0 Å². The second-order valence-electron chi connectivity index (χ2n) is 7.13. The van der Waals surface area contributed by atoms with E-state index in [1.54, 1.807) is 55.5 Å². The Bertz CT molecular complexity index is 1190. The maximum Gasteiger partial charge on any atom is 0.266 e. The summed E-state index contributed by atoms with van der Waals surface area (Å²) >= 11 is 17.2. The van der Waals surface area contributed by atoms with E-state index in [1.165, 1.54) is 6.07 Å². The van der Waals surface area contributed by atoms with Crippen LogP contribution in [0.5, 0.6) is 5.75 Å². The molecule has 0 fully saturated rings. The molecule has 1 atom stereocenters. The molecule has 0 aliphatic rings. The van der Waals surface area contributed by atoms with Gasteiger partial charge in [0.2, 0.25) is 0 Å². The predicted octanol–water partition coefficient (Wildman–Crippen LogP) is 5.83. The topological polar surface area (TPSA) is 79.5 Å². The Hall–Kier alpha value is -3.13. The Morgan fingerprint density at radius 3 is 2.36 bits per heavy atom. The van der Waals surface area contributed by atoms with Crippen molar-refractivity contribution in [1.82, 2.24) is 5.32 Å². The van der Waals surface area contributed by atoms with Crippen molar-refractivity contribution in [2.45, 2.75) is 20.0 Å². The number of nitrogens with one attached hydrogen (secondary N) is 3. The number of aryl methyl sites for hydroxylation is 1. The average molecular weight is 502 g/mol. The minimum Gasteiger partial charge on any atom is -0.479 e. The van der Waals surface area contributed by atoms with Crippen LogP contribution in [0.4, 0.5) is 11.4 Å². The third-order valence-corrected chi connectivity index (χ3v) is 5.31. The second kappa shape index (κ2) is 11.1. The zero-order valence-electron chi connectivity index (χ0n) is 17.8. The summed E-state index contributed by atoms with van der Waals surface area (Å²) in [6.45, 7) is 3.44. The van der Waals surface area contributed by atoms with E-state index in [2.05, 4.69) is 16.0 Å². The van der Waals surface area contributed by atoms with Crippen molar-refractivity contribution in [3.63, 3.8) is 0 Å². The average Bonchev–Trinajstić information content (AvgIpc) is 2.78. The number of amides is 2. The fourth-order valence-corrected chi connectivity index (χ4v) is 3.53. The molecule has 33 heavy (non-hydrogen) atoms. The van der Waals surface area contributed by atoms with Crippen LogP contribution in [0.1, 0.15) is 22.8 Å². The van der Waals surface area contributed by atoms with E-state index >= 15 is 0 Å². The van der Waals surface area contributed by atoms with Crippen LogP contribution >= 0.6 is 35.4 Å². The van der Waals surface area contributed by atoms with Gasteiger partial charge in [-0.25, -0.2) is 0 Å². The number of benzene rings is 3. The zero-order chi connectivity index (χ0) is 24.0. The SMILES string of the molecule is Cc1cc(NC(=S)NC(=O)C(C)Oc2ccc(Cl)cc2Cl)ccc1NC(=O)c1ccccc1. The van der Waals surface area contributed by atoms with Crippen LogP contribution in [0.15, 0.2) is 66.7 Å². The molecule has 0 aliphatic carbocycles. The standard InChI is InChI=1S/C24H21Cl2N3O3S/c1-14-12-18(9-10-20(14)28-23(31)16-6-4-3-5-7-16)27-24(33)29-22(30)15(2)32-21-11-8-17(25)13-19(21)26/h3-13,15H,1-2H3,(H,28,31)(H2,27,29,30,33). The van der Waals surface area contributed by atoms with Gasteiger partial charge >= 0.3 is 0 Å². The number of carbonyl (C=O) groups is 2. The molecule has 0 heterocycles. The van der Waals surface area contributed by atoms with Crippen molar-refractivity contribution in [3.8, 4) is 5.75 Å². The fourth-order valence-electron chi connectivity index (χ4n) is 2.86. The number of carbonyl (C=O) groups excluding carboxylic acids is 2. The first-order chi connectivity index (χ1) is 15.7. The molecule has 0 aliphatic heterocycles. The van der Waals surface area contributed by atoms with Crippen LogP contribution in [0.25, 0.3) is 0 Å². The van der Waals surface area contributed by atoms with Gasteiger partial charge < -0.3 is 15.4 Å². The number of halogens is 2.